The minimum absolute atomic E-state index is 0.463. The average molecular weight is 281 g/mol. The number of nitrogens with zero attached hydrogens (tertiary/aromatic N) is 2. The van der Waals surface area contributed by atoms with Crippen molar-refractivity contribution in [3.63, 3.8) is 0 Å². The summed E-state index contributed by atoms with van der Waals surface area (Å²) in [4.78, 5) is 9.22. The Morgan fingerprint density at radius 2 is 2.17 bits per heavy atom. The van der Waals surface area contributed by atoms with Crippen molar-refractivity contribution >= 4 is 23.5 Å². The normalized spacial score (nSPS) is 28.3. The molecule has 2 aliphatic rings. The fraction of sp³-hybridized carbons (Fsp3) is 0.692. The van der Waals surface area contributed by atoms with Crippen LogP contribution in [-0.4, -0.2) is 32.8 Å². The Morgan fingerprint density at radius 1 is 1.33 bits per heavy atom. The summed E-state index contributed by atoms with van der Waals surface area (Å²) in [6.07, 6.45) is 4.56. The highest BCUT2D eigenvalue weighted by molar-refractivity contribution is 8.06. The Kier molecular flexibility index (Phi) is 4.11. The van der Waals surface area contributed by atoms with E-state index in [1.54, 1.807) is 0 Å². The van der Waals surface area contributed by atoms with Gasteiger partial charge in [0, 0.05) is 35.5 Å². The van der Waals surface area contributed by atoms with Crippen molar-refractivity contribution < 1.29 is 0 Å². The number of aromatic nitrogens is 2. The molecule has 1 aromatic rings. The number of hydrogen-bond acceptors (Lipinski definition) is 5. The maximum Gasteiger partial charge on any atom is 0.142 e. The van der Waals surface area contributed by atoms with E-state index in [-0.39, 0.29) is 0 Å². The first-order chi connectivity index (χ1) is 8.83. The molecule has 2 fully saturated rings. The van der Waals surface area contributed by atoms with Gasteiger partial charge in [-0.05, 0) is 18.9 Å². The minimum Gasteiger partial charge on any atom is -0.308 e. The molecule has 2 atom stereocenters. The van der Waals surface area contributed by atoms with Crippen LogP contribution in [0, 0.1) is 0 Å². The van der Waals surface area contributed by atoms with Crippen molar-refractivity contribution in [2.24, 2.45) is 0 Å². The van der Waals surface area contributed by atoms with E-state index in [9.17, 15) is 0 Å². The summed E-state index contributed by atoms with van der Waals surface area (Å²) in [5, 5.41) is 4.60. The molecule has 1 aliphatic carbocycles. The molecule has 18 heavy (non-hydrogen) atoms. The van der Waals surface area contributed by atoms with Crippen LogP contribution >= 0.6 is 23.5 Å². The van der Waals surface area contributed by atoms with E-state index >= 15 is 0 Å². The summed E-state index contributed by atoms with van der Waals surface area (Å²) < 4.78 is 0. The van der Waals surface area contributed by atoms with Crippen LogP contribution in [-0.2, 0) is 6.54 Å². The van der Waals surface area contributed by atoms with Crippen LogP contribution in [0.2, 0.25) is 0 Å². The van der Waals surface area contributed by atoms with E-state index in [0.29, 0.717) is 10.5 Å². The van der Waals surface area contributed by atoms with Crippen LogP contribution in [0.4, 0.5) is 0 Å². The zero-order valence-corrected chi connectivity index (χ0v) is 12.3. The molecule has 1 aliphatic heterocycles. The van der Waals surface area contributed by atoms with Crippen LogP contribution in [0.1, 0.15) is 36.5 Å². The lowest BCUT2D eigenvalue weighted by molar-refractivity contribution is 0.665. The maximum atomic E-state index is 4.74. The number of nitrogens with one attached hydrogen (secondary N) is 1. The standard InChI is InChI=1S/C13H19N3S2/c1-9-12(18-7-6-17-9)13-14-5-4-11(16-13)8-15-10-2-3-10/h4-5,9-10,12,15H,2-3,6-8H2,1H3. The second kappa shape index (κ2) is 5.80. The second-order valence-electron chi connectivity index (χ2n) is 4.93. The van der Waals surface area contributed by atoms with Crippen molar-refractivity contribution in [3.05, 3.63) is 23.8 Å². The topological polar surface area (TPSA) is 37.8 Å². The van der Waals surface area contributed by atoms with E-state index in [0.717, 1.165) is 24.1 Å². The maximum absolute atomic E-state index is 4.74. The van der Waals surface area contributed by atoms with Gasteiger partial charge in [-0.15, -0.1) is 11.8 Å². The fourth-order valence-electron chi connectivity index (χ4n) is 2.10. The van der Waals surface area contributed by atoms with Gasteiger partial charge in [-0.3, -0.25) is 0 Å². The van der Waals surface area contributed by atoms with Crippen molar-refractivity contribution in [2.75, 3.05) is 11.5 Å². The Bertz CT molecular complexity index is 409. The van der Waals surface area contributed by atoms with E-state index in [1.807, 2.05) is 35.8 Å². The summed E-state index contributed by atoms with van der Waals surface area (Å²) in [5.74, 6) is 3.49. The predicted molar refractivity (Wildman–Crippen MR) is 79.0 cm³/mol. The van der Waals surface area contributed by atoms with Gasteiger partial charge >= 0.3 is 0 Å². The fourth-order valence-corrected chi connectivity index (χ4v) is 4.80. The monoisotopic (exact) mass is 281 g/mol. The molecule has 3 nitrogen and oxygen atoms in total. The predicted octanol–water partition coefficient (Wildman–Crippen LogP) is 2.64. The van der Waals surface area contributed by atoms with Gasteiger partial charge in [-0.25, -0.2) is 9.97 Å². The van der Waals surface area contributed by atoms with Gasteiger partial charge in [-0.2, -0.15) is 11.8 Å². The third-order valence-corrected chi connectivity index (χ3v) is 6.41. The highest BCUT2D eigenvalue weighted by Crippen LogP contribution is 2.40. The van der Waals surface area contributed by atoms with Crippen molar-refractivity contribution in [1.29, 1.82) is 0 Å². The van der Waals surface area contributed by atoms with E-state index in [2.05, 4.69) is 17.2 Å². The van der Waals surface area contributed by atoms with Gasteiger partial charge in [0.15, 0.2) is 0 Å². The van der Waals surface area contributed by atoms with E-state index in [4.69, 9.17) is 4.98 Å². The molecule has 5 heteroatoms. The number of rotatable bonds is 4. The summed E-state index contributed by atoms with van der Waals surface area (Å²) >= 11 is 4.04. The van der Waals surface area contributed by atoms with E-state index < -0.39 is 0 Å². The molecule has 0 bridgehead atoms. The van der Waals surface area contributed by atoms with Crippen LogP contribution in [0.25, 0.3) is 0 Å². The summed E-state index contributed by atoms with van der Waals surface area (Å²) in [5.41, 5.74) is 1.13. The Balaban J connectivity index is 1.68. The van der Waals surface area contributed by atoms with Crippen molar-refractivity contribution in [1.82, 2.24) is 15.3 Å². The van der Waals surface area contributed by atoms with Crippen LogP contribution in [0.15, 0.2) is 12.3 Å². The molecule has 0 amide bonds. The molecule has 1 aromatic heterocycles. The van der Waals surface area contributed by atoms with Gasteiger partial charge < -0.3 is 5.32 Å². The van der Waals surface area contributed by atoms with Gasteiger partial charge in [-0.1, -0.05) is 6.92 Å². The summed E-state index contributed by atoms with van der Waals surface area (Å²) in [6, 6.07) is 2.77. The SMILES string of the molecule is CC1SCCSC1c1nccc(CNC2CC2)n1. The Hall–Kier alpha value is -0.260. The molecule has 0 aromatic carbocycles. The molecular weight excluding hydrogens is 262 g/mol. The van der Waals surface area contributed by atoms with Crippen molar-refractivity contribution in [3.8, 4) is 0 Å². The van der Waals surface area contributed by atoms with Gasteiger partial charge in [0.25, 0.3) is 0 Å². The Labute approximate surface area is 117 Å². The second-order valence-corrected chi connectivity index (χ2v) is 7.66. The van der Waals surface area contributed by atoms with Gasteiger partial charge in [0.05, 0.1) is 10.9 Å². The largest absolute Gasteiger partial charge is 0.308 e. The first-order valence-corrected chi connectivity index (χ1v) is 8.71. The molecule has 1 saturated carbocycles. The molecule has 2 heterocycles. The first-order valence-electron chi connectivity index (χ1n) is 6.61. The zero-order chi connectivity index (χ0) is 12.4. The molecule has 1 saturated heterocycles. The van der Waals surface area contributed by atoms with E-state index in [1.165, 1.54) is 24.3 Å². The Morgan fingerprint density at radius 3 is 2.94 bits per heavy atom. The van der Waals surface area contributed by atoms with Crippen LogP contribution < -0.4 is 5.32 Å². The average Bonchev–Trinajstić information content (AvgIpc) is 3.21. The third-order valence-electron chi connectivity index (χ3n) is 3.32. The first kappa shape index (κ1) is 12.8. The molecule has 2 unspecified atom stereocenters. The highest BCUT2D eigenvalue weighted by atomic mass is 32.2. The highest BCUT2D eigenvalue weighted by Gasteiger charge is 2.26. The summed E-state index contributed by atoms with van der Waals surface area (Å²) in [6.45, 7) is 3.18. The lowest BCUT2D eigenvalue weighted by atomic mass is 10.3. The smallest absolute Gasteiger partial charge is 0.142 e. The lowest BCUT2D eigenvalue weighted by Gasteiger charge is -2.26. The third kappa shape index (κ3) is 3.19. The van der Waals surface area contributed by atoms with Gasteiger partial charge in [0.2, 0.25) is 0 Å². The zero-order valence-electron chi connectivity index (χ0n) is 10.6. The minimum atomic E-state index is 0.463. The number of hydrogen-bond donors (Lipinski definition) is 1. The molecule has 0 radical (unpaired) electrons. The molecule has 0 spiro atoms. The van der Waals surface area contributed by atoms with Crippen LogP contribution in [0.3, 0.4) is 0 Å². The number of thioether (sulfide) groups is 2. The molecule has 1 N–H and O–H groups in total. The lowest BCUT2D eigenvalue weighted by Crippen LogP contribution is -2.20. The quantitative estimate of drug-likeness (QED) is 0.918. The molecule has 3 rings (SSSR count). The molecule has 98 valence electrons. The van der Waals surface area contributed by atoms with Gasteiger partial charge in [0.1, 0.15) is 5.82 Å². The summed E-state index contributed by atoms with van der Waals surface area (Å²) in [7, 11) is 0. The van der Waals surface area contributed by atoms with Crippen molar-refractivity contribution in [2.45, 2.75) is 42.9 Å². The molecular formula is C13H19N3S2. The van der Waals surface area contributed by atoms with Crippen LogP contribution in [0.5, 0.6) is 0 Å².